The summed E-state index contributed by atoms with van der Waals surface area (Å²) in [4.78, 5) is 0. The zero-order valence-corrected chi connectivity index (χ0v) is 14.5. The Morgan fingerprint density at radius 1 is 1.09 bits per heavy atom. The van der Waals surface area contributed by atoms with Crippen LogP contribution in [0.3, 0.4) is 0 Å². The highest BCUT2D eigenvalue weighted by molar-refractivity contribution is 9.10. The first kappa shape index (κ1) is 16.4. The molecular weight excluding hydrogens is 358 g/mol. The molecule has 0 aliphatic carbocycles. The van der Waals surface area contributed by atoms with Crippen LogP contribution in [0, 0.1) is 0 Å². The molecular formula is C17H16BrN3S. The van der Waals surface area contributed by atoms with Crippen LogP contribution in [-0.4, -0.2) is 10.8 Å². The van der Waals surface area contributed by atoms with Crippen molar-refractivity contribution in [1.82, 2.24) is 5.43 Å². The third-order valence-corrected chi connectivity index (χ3v) is 3.47. The van der Waals surface area contributed by atoms with Crippen molar-refractivity contribution in [3.8, 4) is 0 Å². The largest absolute Gasteiger partial charge is 0.331 e. The van der Waals surface area contributed by atoms with E-state index in [1.54, 1.807) is 0 Å². The van der Waals surface area contributed by atoms with Crippen molar-refractivity contribution in [2.45, 2.75) is 6.92 Å². The van der Waals surface area contributed by atoms with Crippen LogP contribution in [0.5, 0.6) is 0 Å². The fraction of sp³-hybridized carbons (Fsp3) is 0.0588. The highest BCUT2D eigenvalue weighted by Crippen LogP contribution is 2.13. The maximum Gasteiger partial charge on any atom is 0.191 e. The molecule has 0 aliphatic rings. The zero-order chi connectivity index (χ0) is 15.8. The van der Waals surface area contributed by atoms with Crippen LogP contribution in [0.15, 0.2) is 70.2 Å². The summed E-state index contributed by atoms with van der Waals surface area (Å²) in [5, 5.41) is 7.74. The van der Waals surface area contributed by atoms with Gasteiger partial charge in [0.25, 0.3) is 0 Å². The zero-order valence-electron chi connectivity index (χ0n) is 12.1. The van der Waals surface area contributed by atoms with E-state index >= 15 is 0 Å². The topological polar surface area (TPSA) is 36.4 Å². The number of anilines is 1. The van der Waals surface area contributed by atoms with Gasteiger partial charge in [-0.15, -0.1) is 0 Å². The summed E-state index contributed by atoms with van der Waals surface area (Å²) in [5.74, 6) is 0. The summed E-state index contributed by atoms with van der Waals surface area (Å²) in [7, 11) is 0. The smallest absolute Gasteiger partial charge is 0.191 e. The van der Waals surface area contributed by atoms with Crippen molar-refractivity contribution >= 4 is 50.7 Å². The van der Waals surface area contributed by atoms with Crippen LogP contribution in [0.25, 0.3) is 6.08 Å². The van der Waals surface area contributed by atoms with Crippen molar-refractivity contribution in [3.63, 3.8) is 0 Å². The summed E-state index contributed by atoms with van der Waals surface area (Å²) in [5.41, 5.74) is 5.71. The Bertz CT molecular complexity index is 679. The number of thiocarbonyl (C=S) groups is 1. The highest BCUT2D eigenvalue weighted by Gasteiger charge is 1.96. The van der Waals surface area contributed by atoms with E-state index in [0.29, 0.717) is 5.11 Å². The average Bonchev–Trinajstić information content (AvgIpc) is 2.54. The Labute approximate surface area is 144 Å². The van der Waals surface area contributed by atoms with E-state index < -0.39 is 0 Å². The lowest BCUT2D eigenvalue weighted by atomic mass is 10.2. The molecule has 0 bridgehead atoms. The van der Waals surface area contributed by atoms with Crippen LogP contribution < -0.4 is 10.7 Å². The molecule has 112 valence electrons. The fourth-order valence-corrected chi connectivity index (χ4v) is 2.08. The monoisotopic (exact) mass is 373 g/mol. The summed E-state index contributed by atoms with van der Waals surface area (Å²) < 4.78 is 1.02. The van der Waals surface area contributed by atoms with E-state index in [0.717, 1.165) is 21.4 Å². The van der Waals surface area contributed by atoms with Gasteiger partial charge in [0.15, 0.2) is 5.11 Å². The maximum atomic E-state index is 5.20. The van der Waals surface area contributed by atoms with Gasteiger partial charge >= 0.3 is 0 Å². The number of halogens is 1. The van der Waals surface area contributed by atoms with Crippen molar-refractivity contribution < 1.29 is 0 Å². The molecule has 0 radical (unpaired) electrons. The lowest BCUT2D eigenvalue weighted by Crippen LogP contribution is -2.24. The van der Waals surface area contributed by atoms with Crippen LogP contribution in [-0.2, 0) is 0 Å². The molecule has 2 aromatic carbocycles. The lowest BCUT2D eigenvalue weighted by Gasteiger charge is -2.07. The molecule has 2 aromatic rings. The lowest BCUT2D eigenvalue weighted by molar-refractivity contribution is 1.04. The first-order valence-corrected chi connectivity index (χ1v) is 7.93. The third kappa shape index (κ3) is 5.79. The van der Waals surface area contributed by atoms with E-state index in [1.165, 1.54) is 0 Å². The Kier molecular flexibility index (Phi) is 6.30. The average molecular weight is 374 g/mol. The highest BCUT2D eigenvalue weighted by atomic mass is 79.9. The van der Waals surface area contributed by atoms with Gasteiger partial charge in [-0.1, -0.05) is 52.3 Å². The second kappa shape index (κ2) is 8.46. The van der Waals surface area contributed by atoms with Crippen molar-refractivity contribution in [2.24, 2.45) is 5.10 Å². The minimum absolute atomic E-state index is 0.454. The number of nitrogens with zero attached hydrogens (tertiary/aromatic N) is 1. The van der Waals surface area contributed by atoms with Crippen LogP contribution in [0.2, 0.25) is 0 Å². The quantitative estimate of drug-likeness (QED) is 0.458. The molecule has 22 heavy (non-hydrogen) atoms. The van der Waals surface area contributed by atoms with Crippen molar-refractivity contribution in [3.05, 3.63) is 70.7 Å². The van der Waals surface area contributed by atoms with Crippen molar-refractivity contribution in [1.29, 1.82) is 0 Å². The van der Waals surface area contributed by atoms with E-state index in [9.17, 15) is 0 Å². The van der Waals surface area contributed by atoms with E-state index in [1.807, 2.05) is 73.7 Å². The number of nitrogens with one attached hydrogen (secondary N) is 2. The summed E-state index contributed by atoms with van der Waals surface area (Å²) >= 11 is 8.59. The van der Waals surface area contributed by atoms with Crippen LogP contribution in [0.4, 0.5) is 5.69 Å². The van der Waals surface area contributed by atoms with Gasteiger partial charge in [0, 0.05) is 10.2 Å². The fourth-order valence-electron chi connectivity index (χ4n) is 1.65. The normalized spacial score (nSPS) is 11.5. The Balaban J connectivity index is 1.86. The molecule has 2 rings (SSSR count). The van der Waals surface area contributed by atoms with Gasteiger partial charge in [-0.3, -0.25) is 5.43 Å². The molecule has 0 unspecified atom stereocenters. The second-order valence-corrected chi connectivity index (χ2v) is 5.89. The summed E-state index contributed by atoms with van der Waals surface area (Å²) in [6.07, 6.45) is 3.94. The predicted molar refractivity (Wildman–Crippen MR) is 102 cm³/mol. The van der Waals surface area contributed by atoms with Crippen LogP contribution >= 0.6 is 28.1 Å². The van der Waals surface area contributed by atoms with Gasteiger partial charge in [0.2, 0.25) is 0 Å². The van der Waals surface area contributed by atoms with Gasteiger partial charge < -0.3 is 5.32 Å². The van der Waals surface area contributed by atoms with E-state index in [2.05, 4.69) is 31.8 Å². The van der Waals surface area contributed by atoms with Gasteiger partial charge in [0.1, 0.15) is 0 Å². The number of allylic oxidation sites excluding steroid dienone is 1. The number of benzene rings is 2. The van der Waals surface area contributed by atoms with Gasteiger partial charge in [0.05, 0.1) is 5.71 Å². The molecule has 0 atom stereocenters. The van der Waals surface area contributed by atoms with Gasteiger partial charge in [-0.25, -0.2) is 0 Å². The minimum Gasteiger partial charge on any atom is -0.331 e. The van der Waals surface area contributed by atoms with E-state index in [-0.39, 0.29) is 0 Å². The first-order chi connectivity index (χ1) is 10.6. The molecule has 0 amide bonds. The Morgan fingerprint density at radius 3 is 2.45 bits per heavy atom. The number of hydrogen-bond donors (Lipinski definition) is 2. The number of hydrogen-bond acceptors (Lipinski definition) is 2. The molecule has 0 saturated carbocycles. The molecule has 0 saturated heterocycles. The predicted octanol–water partition coefficient (Wildman–Crippen LogP) is 4.82. The van der Waals surface area contributed by atoms with Crippen molar-refractivity contribution in [2.75, 3.05) is 5.32 Å². The standard InChI is InChI=1S/C17H16BrN3S/c1-13(7-8-14-5-3-2-4-6-14)20-21-17(22)19-16-11-9-15(18)10-12-16/h2-12H,1H3,(H2,19,21,22). The molecule has 3 nitrogen and oxygen atoms in total. The molecule has 0 aliphatic heterocycles. The summed E-state index contributed by atoms with van der Waals surface area (Å²) in [6, 6.07) is 17.8. The minimum atomic E-state index is 0.454. The first-order valence-electron chi connectivity index (χ1n) is 6.73. The SMILES string of the molecule is CC(C=Cc1ccccc1)=NNC(=S)Nc1ccc(Br)cc1. The van der Waals surface area contributed by atoms with Gasteiger partial charge in [-0.2, -0.15) is 5.10 Å². The number of rotatable bonds is 4. The molecule has 2 N–H and O–H groups in total. The van der Waals surface area contributed by atoms with Gasteiger partial charge in [-0.05, 0) is 55.0 Å². The molecule has 0 heterocycles. The number of hydrazone groups is 1. The maximum absolute atomic E-state index is 5.20. The molecule has 0 spiro atoms. The molecule has 0 fully saturated rings. The molecule has 0 aromatic heterocycles. The van der Waals surface area contributed by atoms with E-state index in [4.69, 9.17) is 12.2 Å². The third-order valence-electron chi connectivity index (χ3n) is 2.75. The Morgan fingerprint density at radius 2 is 1.77 bits per heavy atom. The Hall–Kier alpha value is -1.98. The van der Waals surface area contributed by atoms with Crippen LogP contribution in [0.1, 0.15) is 12.5 Å². The molecule has 5 heteroatoms. The summed E-state index contributed by atoms with van der Waals surface area (Å²) in [6.45, 7) is 1.91. The second-order valence-electron chi connectivity index (χ2n) is 4.57.